The lowest BCUT2D eigenvalue weighted by Gasteiger charge is -2.32. The normalized spacial score (nSPS) is 15.0. The van der Waals surface area contributed by atoms with Crippen molar-refractivity contribution in [3.05, 3.63) is 65.7 Å². The van der Waals surface area contributed by atoms with Crippen molar-refractivity contribution in [3.8, 4) is 0 Å². The Kier molecular flexibility index (Phi) is 5.38. The van der Waals surface area contributed by atoms with E-state index in [2.05, 4.69) is 10.3 Å². The molecule has 2 aromatic rings. The van der Waals surface area contributed by atoms with Gasteiger partial charge < -0.3 is 10.2 Å². The highest BCUT2D eigenvalue weighted by Crippen LogP contribution is 2.13. The molecular formula is C19H20FN3O2. The van der Waals surface area contributed by atoms with E-state index in [1.807, 2.05) is 0 Å². The fourth-order valence-corrected chi connectivity index (χ4v) is 2.93. The Morgan fingerprint density at radius 1 is 1.08 bits per heavy atom. The number of rotatable bonds is 4. The van der Waals surface area contributed by atoms with E-state index in [0.717, 1.165) is 18.4 Å². The molecule has 1 aliphatic rings. The second-order valence-electron chi connectivity index (χ2n) is 6.17. The van der Waals surface area contributed by atoms with Gasteiger partial charge in [-0.2, -0.15) is 0 Å². The van der Waals surface area contributed by atoms with Gasteiger partial charge in [0.15, 0.2) is 0 Å². The standard InChI is InChI=1S/C19H20FN3O2/c20-16-3-1-14(2-4-16)13-18(24)23-11-7-17(8-12-23)22-19(25)15-5-9-21-10-6-15/h1-6,9-10,17H,7-8,11-13H2,(H,22,25). The molecule has 1 aliphatic heterocycles. The van der Waals surface area contributed by atoms with Crippen LogP contribution in [0, 0.1) is 5.82 Å². The van der Waals surface area contributed by atoms with Gasteiger partial charge in [0, 0.05) is 37.1 Å². The van der Waals surface area contributed by atoms with Crippen molar-refractivity contribution >= 4 is 11.8 Å². The fourth-order valence-electron chi connectivity index (χ4n) is 2.93. The Morgan fingerprint density at radius 3 is 2.36 bits per heavy atom. The largest absolute Gasteiger partial charge is 0.349 e. The molecule has 0 bridgehead atoms. The second kappa shape index (κ2) is 7.88. The second-order valence-corrected chi connectivity index (χ2v) is 6.17. The molecule has 0 spiro atoms. The molecule has 5 nitrogen and oxygen atoms in total. The molecule has 0 aliphatic carbocycles. The number of likely N-dealkylation sites (tertiary alicyclic amines) is 1. The van der Waals surface area contributed by atoms with Crippen molar-refractivity contribution in [1.82, 2.24) is 15.2 Å². The summed E-state index contributed by atoms with van der Waals surface area (Å²) in [5.41, 5.74) is 1.39. The summed E-state index contributed by atoms with van der Waals surface area (Å²) in [6.45, 7) is 1.22. The Labute approximate surface area is 145 Å². The van der Waals surface area contributed by atoms with Gasteiger partial charge in [-0.05, 0) is 42.7 Å². The first-order valence-corrected chi connectivity index (χ1v) is 8.35. The number of carbonyl (C=O) groups is 2. The Morgan fingerprint density at radius 2 is 1.72 bits per heavy atom. The summed E-state index contributed by atoms with van der Waals surface area (Å²) in [7, 11) is 0. The number of nitrogens with zero attached hydrogens (tertiary/aromatic N) is 2. The third-order valence-electron chi connectivity index (χ3n) is 4.39. The van der Waals surface area contributed by atoms with Gasteiger partial charge in [0.05, 0.1) is 6.42 Å². The third-order valence-corrected chi connectivity index (χ3v) is 4.39. The number of hydrogen-bond acceptors (Lipinski definition) is 3. The minimum atomic E-state index is -0.304. The van der Waals surface area contributed by atoms with Crippen molar-refractivity contribution in [2.24, 2.45) is 0 Å². The van der Waals surface area contributed by atoms with E-state index in [1.54, 1.807) is 41.6 Å². The summed E-state index contributed by atoms with van der Waals surface area (Å²) < 4.78 is 12.9. The van der Waals surface area contributed by atoms with Gasteiger partial charge in [-0.15, -0.1) is 0 Å². The highest BCUT2D eigenvalue weighted by atomic mass is 19.1. The van der Waals surface area contributed by atoms with Crippen LogP contribution in [0.15, 0.2) is 48.8 Å². The molecule has 1 N–H and O–H groups in total. The molecule has 2 heterocycles. The van der Waals surface area contributed by atoms with Crippen molar-refractivity contribution in [1.29, 1.82) is 0 Å². The van der Waals surface area contributed by atoms with Crippen LogP contribution >= 0.6 is 0 Å². The molecule has 3 rings (SSSR count). The van der Waals surface area contributed by atoms with E-state index in [9.17, 15) is 14.0 Å². The van der Waals surface area contributed by atoms with Crippen LogP contribution in [-0.4, -0.2) is 40.8 Å². The molecule has 0 atom stereocenters. The summed E-state index contributed by atoms with van der Waals surface area (Å²) >= 11 is 0. The van der Waals surface area contributed by atoms with E-state index in [-0.39, 0.29) is 30.1 Å². The van der Waals surface area contributed by atoms with Crippen molar-refractivity contribution in [3.63, 3.8) is 0 Å². The summed E-state index contributed by atoms with van der Waals surface area (Å²) in [5.74, 6) is -0.383. The molecule has 2 amide bonds. The topological polar surface area (TPSA) is 62.3 Å². The van der Waals surface area contributed by atoms with Gasteiger partial charge in [0.2, 0.25) is 5.91 Å². The Bertz CT molecular complexity index is 726. The van der Waals surface area contributed by atoms with Crippen LogP contribution in [0.4, 0.5) is 4.39 Å². The molecule has 25 heavy (non-hydrogen) atoms. The van der Waals surface area contributed by atoms with Crippen LogP contribution in [0.3, 0.4) is 0 Å². The fraction of sp³-hybridized carbons (Fsp3) is 0.316. The summed E-state index contributed by atoms with van der Waals surface area (Å²) in [4.78, 5) is 30.2. The molecule has 1 aromatic heterocycles. The highest BCUT2D eigenvalue weighted by molar-refractivity contribution is 5.94. The first kappa shape index (κ1) is 17.1. The lowest BCUT2D eigenvalue weighted by molar-refractivity contribution is -0.131. The van der Waals surface area contributed by atoms with Crippen LogP contribution in [-0.2, 0) is 11.2 Å². The molecule has 130 valence electrons. The van der Waals surface area contributed by atoms with Crippen LogP contribution in [0.2, 0.25) is 0 Å². The molecular weight excluding hydrogens is 321 g/mol. The van der Waals surface area contributed by atoms with Crippen molar-refractivity contribution in [2.75, 3.05) is 13.1 Å². The lowest BCUT2D eigenvalue weighted by atomic mass is 10.0. The molecule has 1 saturated heterocycles. The predicted octanol–water partition coefficient (Wildman–Crippen LogP) is 2.18. The monoisotopic (exact) mass is 341 g/mol. The highest BCUT2D eigenvalue weighted by Gasteiger charge is 2.24. The molecule has 1 aromatic carbocycles. The first-order chi connectivity index (χ1) is 12.1. The summed E-state index contributed by atoms with van der Waals surface area (Å²) in [6.07, 6.45) is 4.91. The first-order valence-electron chi connectivity index (χ1n) is 8.35. The number of nitrogens with one attached hydrogen (secondary N) is 1. The number of amides is 2. The average molecular weight is 341 g/mol. The average Bonchev–Trinajstić information content (AvgIpc) is 2.65. The molecule has 6 heteroatoms. The quantitative estimate of drug-likeness (QED) is 0.927. The number of aromatic nitrogens is 1. The lowest BCUT2D eigenvalue weighted by Crippen LogP contribution is -2.47. The number of pyridine rings is 1. The minimum absolute atomic E-state index is 0.0329. The number of piperidine rings is 1. The maximum absolute atomic E-state index is 12.9. The smallest absolute Gasteiger partial charge is 0.251 e. The zero-order valence-electron chi connectivity index (χ0n) is 13.8. The van der Waals surface area contributed by atoms with Crippen LogP contribution in [0.25, 0.3) is 0 Å². The summed E-state index contributed by atoms with van der Waals surface area (Å²) in [6, 6.07) is 9.42. The van der Waals surface area contributed by atoms with Gasteiger partial charge in [0.25, 0.3) is 5.91 Å². The van der Waals surface area contributed by atoms with Gasteiger partial charge in [-0.25, -0.2) is 4.39 Å². The van der Waals surface area contributed by atoms with E-state index < -0.39 is 0 Å². The van der Waals surface area contributed by atoms with Crippen LogP contribution < -0.4 is 5.32 Å². The van der Waals surface area contributed by atoms with Gasteiger partial charge >= 0.3 is 0 Å². The third kappa shape index (κ3) is 4.62. The number of hydrogen-bond donors (Lipinski definition) is 1. The van der Waals surface area contributed by atoms with Crippen LogP contribution in [0.5, 0.6) is 0 Å². The number of benzene rings is 1. The van der Waals surface area contributed by atoms with Crippen molar-refractivity contribution < 1.29 is 14.0 Å². The van der Waals surface area contributed by atoms with Crippen molar-refractivity contribution in [2.45, 2.75) is 25.3 Å². The van der Waals surface area contributed by atoms with E-state index >= 15 is 0 Å². The SMILES string of the molecule is O=C(NC1CCN(C(=O)Cc2ccc(F)cc2)CC1)c1ccncc1. The number of carbonyl (C=O) groups excluding carboxylic acids is 2. The van der Waals surface area contributed by atoms with Gasteiger partial charge in [-0.1, -0.05) is 12.1 Å². The predicted molar refractivity (Wildman–Crippen MR) is 91.4 cm³/mol. The maximum Gasteiger partial charge on any atom is 0.251 e. The Balaban J connectivity index is 1.47. The van der Waals surface area contributed by atoms with E-state index in [1.165, 1.54) is 12.1 Å². The van der Waals surface area contributed by atoms with Crippen LogP contribution in [0.1, 0.15) is 28.8 Å². The summed E-state index contributed by atoms with van der Waals surface area (Å²) in [5, 5.41) is 3.00. The zero-order chi connectivity index (χ0) is 17.6. The maximum atomic E-state index is 12.9. The zero-order valence-corrected chi connectivity index (χ0v) is 13.8. The molecule has 1 fully saturated rings. The molecule has 0 unspecified atom stereocenters. The van der Waals surface area contributed by atoms with Gasteiger partial charge in [-0.3, -0.25) is 14.6 Å². The molecule has 0 radical (unpaired) electrons. The van der Waals surface area contributed by atoms with E-state index in [0.29, 0.717) is 18.7 Å². The minimum Gasteiger partial charge on any atom is -0.349 e. The Hall–Kier alpha value is -2.76. The number of halogens is 1. The van der Waals surface area contributed by atoms with E-state index in [4.69, 9.17) is 0 Å². The van der Waals surface area contributed by atoms with Gasteiger partial charge in [0.1, 0.15) is 5.82 Å². The molecule has 0 saturated carbocycles.